The lowest BCUT2D eigenvalue weighted by molar-refractivity contribution is 0.413. The second-order valence-corrected chi connectivity index (χ2v) is 6.14. The first-order valence-electron chi connectivity index (χ1n) is 8.52. The van der Waals surface area contributed by atoms with Crippen LogP contribution in [-0.4, -0.2) is 35.2 Å². The molecule has 0 aromatic carbocycles. The van der Waals surface area contributed by atoms with E-state index in [2.05, 4.69) is 37.4 Å². The van der Waals surface area contributed by atoms with E-state index in [1.54, 1.807) is 19.5 Å². The maximum atomic E-state index is 5.12. The van der Waals surface area contributed by atoms with Gasteiger partial charge in [-0.15, -0.1) is 0 Å². The molecule has 0 spiro atoms. The molecule has 0 amide bonds. The Bertz CT molecular complexity index is 1000. The average molecular weight is 345 g/mol. The second-order valence-electron chi connectivity index (χ2n) is 6.14. The van der Waals surface area contributed by atoms with Gasteiger partial charge in [-0.2, -0.15) is 0 Å². The van der Waals surface area contributed by atoms with E-state index in [9.17, 15) is 0 Å². The predicted octanol–water partition coefficient (Wildman–Crippen LogP) is 3.05. The number of pyridine rings is 3. The Kier molecular flexibility index (Phi) is 4.28. The van der Waals surface area contributed by atoms with Gasteiger partial charge in [0.25, 0.3) is 0 Å². The topological polar surface area (TPSA) is 72.0 Å². The van der Waals surface area contributed by atoms with Gasteiger partial charge in [0.2, 0.25) is 0 Å². The monoisotopic (exact) mass is 345 g/mol. The van der Waals surface area contributed by atoms with Gasteiger partial charge in [0.1, 0.15) is 23.1 Å². The van der Waals surface area contributed by atoms with Crippen LogP contribution >= 0.6 is 0 Å². The average Bonchev–Trinajstić information content (AvgIpc) is 3.50. The van der Waals surface area contributed by atoms with Crippen molar-refractivity contribution in [3.63, 3.8) is 0 Å². The van der Waals surface area contributed by atoms with Crippen molar-refractivity contribution < 1.29 is 4.74 Å². The van der Waals surface area contributed by atoms with E-state index >= 15 is 0 Å². The van der Waals surface area contributed by atoms with Crippen molar-refractivity contribution in [2.45, 2.75) is 18.9 Å². The molecule has 0 saturated heterocycles. The van der Waals surface area contributed by atoms with Gasteiger partial charge in [-0.25, -0.2) is 15.0 Å². The van der Waals surface area contributed by atoms with Crippen molar-refractivity contribution in [2.75, 3.05) is 24.8 Å². The molecule has 0 unspecified atom stereocenters. The molecule has 2 N–H and O–H groups in total. The van der Waals surface area contributed by atoms with Crippen LogP contribution < -0.4 is 15.4 Å². The lowest BCUT2D eigenvalue weighted by Crippen LogP contribution is -2.03. The van der Waals surface area contributed by atoms with E-state index in [1.807, 2.05) is 31.4 Å². The second kappa shape index (κ2) is 6.89. The molecule has 0 radical (unpaired) electrons. The molecule has 0 bridgehead atoms. The normalized spacial score (nSPS) is 13.0. The minimum atomic E-state index is 0.545. The number of hydrogen-bond acceptors (Lipinski definition) is 6. The molecule has 1 fully saturated rings. The smallest absolute Gasteiger partial charge is 0.137 e. The zero-order valence-electron chi connectivity index (χ0n) is 14.7. The Morgan fingerprint density at radius 2 is 1.92 bits per heavy atom. The van der Waals surface area contributed by atoms with Crippen molar-refractivity contribution >= 4 is 22.4 Å². The summed E-state index contributed by atoms with van der Waals surface area (Å²) in [5, 5.41) is 8.51. The van der Waals surface area contributed by atoms with E-state index < -0.39 is 0 Å². The van der Waals surface area contributed by atoms with Crippen LogP contribution in [0.5, 0.6) is 5.75 Å². The quantitative estimate of drug-likeness (QED) is 0.708. The molecule has 6 nitrogen and oxygen atoms in total. The van der Waals surface area contributed by atoms with E-state index in [4.69, 9.17) is 4.74 Å². The molecule has 3 heterocycles. The zero-order chi connectivity index (χ0) is 17.9. The highest BCUT2D eigenvalue weighted by molar-refractivity contribution is 5.96. The van der Waals surface area contributed by atoms with Crippen molar-refractivity contribution in [3.8, 4) is 17.6 Å². The largest absolute Gasteiger partial charge is 0.495 e. The number of anilines is 2. The number of fused-ring (bicyclic) bond motifs is 1. The number of methoxy groups -OCH3 is 1. The molecule has 1 saturated carbocycles. The lowest BCUT2D eigenvalue weighted by atomic mass is 10.1. The fourth-order valence-corrected chi connectivity index (χ4v) is 2.66. The first kappa shape index (κ1) is 16.2. The molecule has 0 aliphatic heterocycles. The number of nitrogens with one attached hydrogen (secondary N) is 2. The van der Waals surface area contributed by atoms with E-state index in [0.717, 1.165) is 28.0 Å². The predicted molar refractivity (Wildman–Crippen MR) is 102 cm³/mol. The molecule has 3 aromatic rings. The molecule has 130 valence electrons. The van der Waals surface area contributed by atoms with Crippen LogP contribution in [0.25, 0.3) is 10.8 Å². The summed E-state index contributed by atoms with van der Waals surface area (Å²) in [6.07, 6.45) is 7.69. The minimum absolute atomic E-state index is 0.545. The summed E-state index contributed by atoms with van der Waals surface area (Å²) in [6.45, 7) is 0. The van der Waals surface area contributed by atoms with Gasteiger partial charge in [0.05, 0.1) is 18.9 Å². The van der Waals surface area contributed by atoms with Crippen LogP contribution in [0.2, 0.25) is 0 Å². The first-order valence-corrected chi connectivity index (χ1v) is 8.52. The number of ether oxygens (including phenoxy) is 1. The van der Waals surface area contributed by atoms with Crippen molar-refractivity contribution in [2.24, 2.45) is 0 Å². The summed E-state index contributed by atoms with van der Waals surface area (Å²) in [4.78, 5) is 13.2. The van der Waals surface area contributed by atoms with Gasteiger partial charge in [0, 0.05) is 36.3 Å². The Morgan fingerprint density at radius 3 is 2.62 bits per heavy atom. The fraction of sp³-hybridized carbons (Fsp3) is 0.250. The summed E-state index contributed by atoms with van der Waals surface area (Å²) >= 11 is 0. The van der Waals surface area contributed by atoms with Gasteiger partial charge < -0.3 is 15.4 Å². The molecule has 0 atom stereocenters. The zero-order valence-corrected chi connectivity index (χ0v) is 14.7. The third kappa shape index (κ3) is 3.38. The van der Waals surface area contributed by atoms with Crippen LogP contribution in [0.4, 0.5) is 11.6 Å². The third-order valence-electron chi connectivity index (χ3n) is 4.24. The molecule has 1 aliphatic carbocycles. The van der Waals surface area contributed by atoms with Crippen LogP contribution in [0.3, 0.4) is 0 Å². The minimum Gasteiger partial charge on any atom is -0.495 e. The van der Waals surface area contributed by atoms with Crippen LogP contribution in [0.1, 0.15) is 24.1 Å². The van der Waals surface area contributed by atoms with E-state index in [1.165, 1.54) is 12.8 Å². The number of hydrogen-bond donors (Lipinski definition) is 2. The Hall–Kier alpha value is -3.33. The Morgan fingerprint density at radius 1 is 1.04 bits per heavy atom. The van der Waals surface area contributed by atoms with Crippen molar-refractivity contribution in [3.05, 3.63) is 48.0 Å². The van der Waals surface area contributed by atoms with Gasteiger partial charge in [-0.1, -0.05) is 5.92 Å². The first-order chi connectivity index (χ1) is 12.8. The SMILES string of the molecule is CNc1ncc(C#Cc2ccc(OC)cn2)c2cc(NC3CC3)ncc12. The van der Waals surface area contributed by atoms with Gasteiger partial charge in [0.15, 0.2) is 0 Å². The van der Waals surface area contributed by atoms with Crippen LogP contribution in [-0.2, 0) is 0 Å². The highest BCUT2D eigenvalue weighted by atomic mass is 16.5. The highest BCUT2D eigenvalue weighted by Gasteiger charge is 2.21. The molecule has 3 aromatic heterocycles. The Balaban J connectivity index is 1.74. The van der Waals surface area contributed by atoms with Gasteiger partial charge >= 0.3 is 0 Å². The highest BCUT2D eigenvalue weighted by Crippen LogP contribution is 2.28. The van der Waals surface area contributed by atoms with Crippen LogP contribution in [0.15, 0.2) is 36.8 Å². The maximum Gasteiger partial charge on any atom is 0.137 e. The van der Waals surface area contributed by atoms with Gasteiger partial charge in [-0.05, 0) is 37.0 Å². The summed E-state index contributed by atoms with van der Waals surface area (Å²) in [5.74, 6) is 8.66. The number of aromatic nitrogens is 3. The third-order valence-corrected chi connectivity index (χ3v) is 4.24. The van der Waals surface area contributed by atoms with E-state index in [-0.39, 0.29) is 0 Å². The molecular weight excluding hydrogens is 326 g/mol. The molecule has 6 heteroatoms. The fourth-order valence-electron chi connectivity index (χ4n) is 2.66. The molecule has 26 heavy (non-hydrogen) atoms. The van der Waals surface area contributed by atoms with Crippen LogP contribution in [0, 0.1) is 11.8 Å². The van der Waals surface area contributed by atoms with Gasteiger partial charge in [-0.3, -0.25) is 0 Å². The Labute approximate surface area is 152 Å². The maximum absolute atomic E-state index is 5.12. The summed E-state index contributed by atoms with van der Waals surface area (Å²) in [6, 6.07) is 6.27. The summed E-state index contributed by atoms with van der Waals surface area (Å²) in [7, 11) is 3.47. The van der Waals surface area contributed by atoms with Crippen molar-refractivity contribution in [1.82, 2.24) is 15.0 Å². The summed E-state index contributed by atoms with van der Waals surface area (Å²) < 4.78 is 5.12. The lowest BCUT2D eigenvalue weighted by Gasteiger charge is -2.09. The summed E-state index contributed by atoms with van der Waals surface area (Å²) in [5.41, 5.74) is 1.53. The molecule has 4 rings (SSSR count). The molecule has 1 aliphatic rings. The van der Waals surface area contributed by atoms with Crippen molar-refractivity contribution in [1.29, 1.82) is 0 Å². The number of nitrogens with zero attached hydrogens (tertiary/aromatic N) is 3. The number of rotatable bonds is 4. The molecular formula is C20H19N5O. The van der Waals surface area contributed by atoms with E-state index in [0.29, 0.717) is 17.5 Å². The standard InChI is InChI=1S/C20H19N5O/c1-21-20-18-12-23-19(25-15-5-6-15)9-17(18)13(10-24-20)3-4-14-7-8-16(26-2)11-22-14/h7-12,15H,5-6H2,1-2H3,(H,21,24)(H,23,25).